The lowest BCUT2D eigenvalue weighted by atomic mass is 9.69. The average molecular weight is 323 g/mol. The van der Waals surface area contributed by atoms with E-state index < -0.39 is 15.6 Å². The van der Waals surface area contributed by atoms with Crippen LogP contribution >= 0.6 is 0 Å². The van der Waals surface area contributed by atoms with E-state index in [0.29, 0.717) is 12.1 Å². The molecule has 0 fully saturated rings. The molecule has 1 aromatic rings. The van der Waals surface area contributed by atoms with E-state index in [1.54, 1.807) is 25.5 Å². The lowest BCUT2D eigenvalue weighted by Crippen LogP contribution is -2.38. The molecule has 3 rings (SSSR count). The molecule has 1 heterocycles. The number of aromatic amines is 1. The number of hydrogen-bond acceptors (Lipinski definition) is 4. The lowest BCUT2D eigenvalue weighted by Gasteiger charge is -2.40. The molecule has 6 nitrogen and oxygen atoms in total. The van der Waals surface area contributed by atoms with Crippen LogP contribution in [-0.4, -0.2) is 35.3 Å². The topological polar surface area (TPSA) is 95.1 Å². The monoisotopic (exact) mass is 323 g/mol. The Morgan fingerprint density at radius 2 is 2.27 bits per heavy atom. The fraction of sp³-hybridized carbons (Fsp3) is 0.533. The summed E-state index contributed by atoms with van der Waals surface area (Å²) in [5, 5.41) is 10.8. The highest BCUT2D eigenvalue weighted by Crippen LogP contribution is 2.47. The third kappa shape index (κ3) is 2.83. The van der Waals surface area contributed by atoms with E-state index in [9.17, 15) is 13.5 Å². The molecular weight excluding hydrogens is 302 g/mol. The van der Waals surface area contributed by atoms with Gasteiger partial charge in [-0.25, -0.2) is 13.4 Å². The highest BCUT2D eigenvalue weighted by molar-refractivity contribution is 7.88. The summed E-state index contributed by atoms with van der Waals surface area (Å²) in [5.74, 6) is 0.0475. The van der Waals surface area contributed by atoms with Gasteiger partial charge in [0.25, 0.3) is 0 Å². The van der Waals surface area contributed by atoms with Crippen LogP contribution in [0.25, 0.3) is 0 Å². The second kappa shape index (κ2) is 5.24. The zero-order valence-electron chi connectivity index (χ0n) is 12.8. The molecule has 2 unspecified atom stereocenters. The van der Waals surface area contributed by atoms with Gasteiger partial charge in [0, 0.05) is 29.9 Å². The number of aliphatic hydroxyl groups is 1. The Bertz CT molecular complexity index is 730. The maximum atomic E-state index is 11.6. The molecule has 1 aromatic heterocycles. The van der Waals surface area contributed by atoms with Crippen LogP contribution in [0.15, 0.2) is 35.4 Å². The van der Waals surface area contributed by atoms with E-state index in [1.807, 2.05) is 0 Å². The smallest absolute Gasteiger partial charge is 0.229 e. The number of hydrogen-bond donors (Lipinski definition) is 3. The van der Waals surface area contributed by atoms with Crippen LogP contribution in [0.2, 0.25) is 0 Å². The van der Waals surface area contributed by atoms with E-state index in [0.717, 1.165) is 42.4 Å². The first kappa shape index (κ1) is 15.3. The summed E-state index contributed by atoms with van der Waals surface area (Å²) >= 11 is 0. The van der Waals surface area contributed by atoms with Gasteiger partial charge >= 0.3 is 0 Å². The van der Waals surface area contributed by atoms with Gasteiger partial charge in [0.1, 0.15) is 0 Å². The molecule has 0 spiro atoms. The molecule has 0 aliphatic heterocycles. The molecule has 2 atom stereocenters. The number of nitrogens with zero attached hydrogens (tertiary/aromatic N) is 1. The second-order valence-corrected chi connectivity index (χ2v) is 8.06. The molecular formula is C15H21N3O3S. The van der Waals surface area contributed by atoms with Gasteiger partial charge in [-0.2, -0.15) is 0 Å². The SMILES string of the molecule is CC1(O)CC=C(NS(C)(=O)=O)C2=C1C(c1cnc[nH]1)CCC2. The van der Waals surface area contributed by atoms with E-state index >= 15 is 0 Å². The third-order valence-corrected chi connectivity index (χ3v) is 4.98. The Hall–Kier alpha value is -1.60. The summed E-state index contributed by atoms with van der Waals surface area (Å²) in [4.78, 5) is 7.20. The largest absolute Gasteiger partial charge is 0.385 e. The van der Waals surface area contributed by atoms with Crippen LogP contribution in [-0.2, 0) is 10.0 Å². The minimum Gasteiger partial charge on any atom is -0.385 e. The van der Waals surface area contributed by atoms with Crippen molar-refractivity contribution in [3.8, 4) is 0 Å². The Morgan fingerprint density at radius 3 is 2.91 bits per heavy atom. The maximum absolute atomic E-state index is 11.6. The molecule has 0 saturated carbocycles. The molecule has 0 bridgehead atoms. The predicted octanol–water partition coefficient (Wildman–Crippen LogP) is 1.56. The normalized spacial score (nSPS) is 29.0. The first-order valence-corrected chi connectivity index (χ1v) is 9.29. The van der Waals surface area contributed by atoms with E-state index in [4.69, 9.17) is 0 Å². The van der Waals surface area contributed by atoms with E-state index in [2.05, 4.69) is 14.7 Å². The molecule has 0 radical (unpaired) electrons. The van der Waals surface area contributed by atoms with Crippen LogP contribution in [0.5, 0.6) is 0 Å². The average Bonchev–Trinajstić information content (AvgIpc) is 2.94. The number of aromatic nitrogens is 2. The summed E-state index contributed by atoms with van der Waals surface area (Å²) < 4.78 is 25.8. The first-order valence-electron chi connectivity index (χ1n) is 7.40. The van der Waals surface area contributed by atoms with Gasteiger partial charge in [-0.05, 0) is 37.3 Å². The van der Waals surface area contributed by atoms with Crippen molar-refractivity contribution in [3.63, 3.8) is 0 Å². The summed E-state index contributed by atoms with van der Waals surface area (Å²) in [6.45, 7) is 1.80. The van der Waals surface area contributed by atoms with Gasteiger partial charge in [0.2, 0.25) is 10.0 Å². The van der Waals surface area contributed by atoms with Crippen LogP contribution in [0, 0.1) is 0 Å². The minimum atomic E-state index is -3.34. The van der Waals surface area contributed by atoms with Gasteiger partial charge < -0.3 is 10.1 Å². The summed E-state index contributed by atoms with van der Waals surface area (Å²) in [6, 6.07) is 0. The molecule has 2 aliphatic carbocycles. The van der Waals surface area contributed by atoms with E-state index in [1.165, 1.54) is 0 Å². The van der Waals surface area contributed by atoms with Crippen molar-refractivity contribution in [1.82, 2.24) is 14.7 Å². The molecule has 0 aromatic carbocycles. The molecule has 2 aliphatic rings. The number of allylic oxidation sites excluding steroid dienone is 1. The van der Waals surface area contributed by atoms with Crippen LogP contribution in [0.3, 0.4) is 0 Å². The minimum absolute atomic E-state index is 0.0475. The standard InChI is InChI=1S/C15H21N3O3S/c1-15(19)7-6-12(18-22(2,20)21)10-4-3-5-11(14(10)15)13-8-16-9-17-13/h6,8-9,11,18-19H,3-5,7H2,1-2H3,(H,16,17). The Morgan fingerprint density at radius 1 is 1.50 bits per heavy atom. The number of imidazole rings is 1. The highest BCUT2D eigenvalue weighted by Gasteiger charge is 2.40. The zero-order valence-corrected chi connectivity index (χ0v) is 13.6. The molecule has 120 valence electrons. The summed E-state index contributed by atoms with van der Waals surface area (Å²) in [7, 11) is -3.34. The van der Waals surface area contributed by atoms with Gasteiger partial charge in [-0.3, -0.25) is 4.72 Å². The van der Waals surface area contributed by atoms with Crippen molar-refractivity contribution < 1.29 is 13.5 Å². The van der Waals surface area contributed by atoms with E-state index in [-0.39, 0.29) is 5.92 Å². The molecule has 0 amide bonds. The lowest BCUT2D eigenvalue weighted by molar-refractivity contribution is 0.0885. The van der Waals surface area contributed by atoms with Gasteiger partial charge in [0.15, 0.2) is 0 Å². The highest BCUT2D eigenvalue weighted by atomic mass is 32.2. The summed E-state index contributed by atoms with van der Waals surface area (Å²) in [6.07, 6.45) is 9.38. The van der Waals surface area contributed by atoms with Crippen LogP contribution in [0.4, 0.5) is 0 Å². The second-order valence-electron chi connectivity index (χ2n) is 6.31. The zero-order chi connectivity index (χ0) is 16.0. The van der Waals surface area contributed by atoms with Gasteiger partial charge in [-0.15, -0.1) is 0 Å². The number of H-pyrrole nitrogens is 1. The van der Waals surface area contributed by atoms with Crippen LogP contribution in [0.1, 0.15) is 44.2 Å². The molecule has 7 heteroatoms. The van der Waals surface area contributed by atoms with Crippen molar-refractivity contribution >= 4 is 10.0 Å². The molecule has 3 N–H and O–H groups in total. The van der Waals surface area contributed by atoms with Crippen molar-refractivity contribution in [2.75, 3.05) is 6.26 Å². The fourth-order valence-electron chi connectivity index (χ4n) is 3.56. The maximum Gasteiger partial charge on any atom is 0.229 e. The molecule has 22 heavy (non-hydrogen) atoms. The quantitative estimate of drug-likeness (QED) is 0.786. The van der Waals surface area contributed by atoms with Gasteiger partial charge in [-0.1, -0.05) is 6.08 Å². The predicted molar refractivity (Wildman–Crippen MR) is 83.5 cm³/mol. The van der Waals surface area contributed by atoms with Gasteiger partial charge in [0.05, 0.1) is 18.2 Å². The van der Waals surface area contributed by atoms with Crippen molar-refractivity contribution in [2.45, 2.75) is 44.1 Å². The van der Waals surface area contributed by atoms with Crippen LogP contribution < -0.4 is 4.72 Å². The fourth-order valence-corrected chi connectivity index (χ4v) is 4.16. The number of rotatable bonds is 3. The van der Waals surface area contributed by atoms with Crippen molar-refractivity contribution in [2.24, 2.45) is 0 Å². The van der Waals surface area contributed by atoms with Crippen molar-refractivity contribution in [3.05, 3.63) is 41.1 Å². The van der Waals surface area contributed by atoms with Crippen molar-refractivity contribution in [1.29, 1.82) is 0 Å². The molecule has 0 saturated heterocycles. The third-order valence-electron chi connectivity index (χ3n) is 4.39. The first-order chi connectivity index (χ1) is 10.3. The summed E-state index contributed by atoms with van der Waals surface area (Å²) in [5.41, 5.74) is 2.46. The Kier molecular flexibility index (Phi) is 3.65. The Labute approximate surface area is 130 Å². The Balaban J connectivity index is 2.08. The number of sulfonamides is 1. The number of nitrogens with one attached hydrogen (secondary N) is 2.